The maximum absolute atomic E-state index is 12.0. The fraction of sp³-hybridized carbons (Fsp3) is 0.107. The minimum atomic E-state index is -0.994. The van der Waals surface area contributed by atoms with E-state index in [1.807, 2.05) is 84.9 Å². The number of aromatic carboxylic acids is 1. The molecular formula is C28H22O5. The summed E-state index contributed by atoms with van der Waals surface area (Å²) in [6.07, 6.45) is 3.77. The van der Waals surface area contributed by atoms with Crippen molar-refractivity contribution in [2.75, 3.05) is 14.2 Å². The van der Waals surface area contributed by atoms with Gasteiger partial charge in [-0.1, -0.05) is 48.5 Å². The summed E-state index contributed by atoms with van der Waals surface area (Å²) in [5.74, 6) is 1.02. The Morgan fingerprint density at radius 3 is 1.97 bits per heavy atom. The highest BCUT2D eigenvalue weighted by atomic mass is 16.5. The van der Waals surface area contributed by atoms with Gasteiger partial charge < -0.3 is 19.3 Å². The summed E-state index contributed by atoms with van der Waals surface area (Å²) in [7, 11) is 3.25. The Morgan fingerprint density at radius 1 is 0.848 bits per heavy atom. The van der Waals surface area contributed by atoms with Crippen LogP contribution < -0.4 is 14.2 Å². The molecule has 33 heavy (non-hydrogen) atoms. The van der Waals surface area contributed by atoms with Crippen LogP contribution in [0, 0.1) is 0 Å². The van der Waals surface area contributed by atoms with Crippen LogP contribution in [0.25, 0.3) is 16.8 Å². The molecule has 1 aliphatic heterocycles. The topological polar surface area (TPSA) is 65.0 Å². The van der Waals surface area contributed by atoms with Crippen LogP contribution in [0.4, 0.5) is 0 Å². The van der Waals surface area contributed by atoms with Gasteiger partial charge >= 0.3 is 5.97 Å². The molecular weight excluding hydrogens is 416 g/mol. The maximum atomic E-state index is 12.0. The minimum Gasteiger partial charge on any atom is -0.497 e. The van der Waals surface area contributed by atoms with Crippen LogP contribution in [0.15, 0.2) is 84.9 Å². The third-order valence-corrected chi connectivity index (χ3v) is 6.06. The number of carbonyl (C=O) groups is 1. The molecule has 0 fully saturated rings. The zero-order valence-electron chi connectivity index (χ0n) is 18.2. The third-order valence-electron chi connectivity index (χ3n) is 6.06. The molecule has 5 rings (SSSR count). The molecule has 0 amide bonds. The van der Waals surface area contributed by atoms with Crippen molar-refractivity contribution in [3.63, 3.8) is 0 Å². The predicted molar refractivity (Wildman–Crippen MR) is 127 cm³/mol. The summed E-state index contributed by atoms with van der Waals surface area (Å²) in [4.78, 5) is 12.0. The second-order valence-electron chi connectivity index (χ2n) is 7.82. The fourth-order valence-corrected chi connectivity index (χ4v) is 4.33. The maximum Gasteiger partial charge on any atom is 0.336 e. The molecule has 5 heteroatoms. The van der Waals surface area contributed by atoms with Crippen LogP contribution in [-0.2, 0) is 5.60 Å². The van der Waals surface area contributed by atoms with E-state index in [9.17, 15) is 9.90 Å². The summed E-state index contributed by atoms with van der Waals surface area (Å²) in [6.45, 7) is 0. The lowest BCUT2D eigenvalue weighted by atomic mass is 9.82. The zero-order chi connectivity index (χ0) is 23.0. The standard InChI is InChI=1S/C28H22O5/c1-31-21-11-7-19(8-12-21)28(20-9-13-22(32-2)14-10-20)16-15-24-25(27(29)30)17-18-5-3-4-6-23(18)26(24)33-28/h3-17H,1-2H3,(H,29,30). The first kappa shape index (κ1) is 20.6. The van der Waals surface area contributed by atoms with Gasteiger partial charge in [0.25, 0.3) is 0 Å². The van der Waals surface area contributed by atoms with Gasteiger partial charge in [0.1, 0.15) is 17.2 Å². The SMILES string of the molecule is COc1ccc(C2(c3ccc(OC)cc3)C=Cc3c(C(=O)O)cc4ccccc4c3O2)cc1. The van der Waals surface area contributed by atoms with Gasteiger partial charge in [-0.05, 0) is 47.9 Å². The summed E-state index contributed by atoms with van der Waals surface area (Å²) in [5, 5.41) is 11.5. The molecule has 0 aliphatic carbocycles. The predicted octanol–water partition coefficient (Wildman–Crippen LogP) is 5.90. The largest absolute Gasteiger partial charge is 0.497 e. The van der Waals surface area contributed by atoms with Crippen LogP contribution in [0.1, 0.15) is 27.0 Å². The van der Waals surface area contributed by atoms with Crippen molar-refractivity contribution in [2.45, 2.75) is 5.60 Å². The van der Waals surface area contributed by atoms with E-state index in [2.05, 4.69) is 0 Å². The van der Waals surface area contributed by atoms with Gasteiger partial charge in [-0.2, -0.15) is 0 Å². The zero-order valence-corrected chi connectivity index (χ0v) is 18.2. The molecule has 164 valence electrons. The quantitative estimate of drug-likeness (QED) is 0.420. The summed E-state index contributed by atoms with van der Waals surface area (Å²) in [6, 6.07) is 24.7. The van der Waals surface area contributed by atoms with Crippen molar-refractivity contribution in [3.8, 4) is 17.2 Å². The van der Waals surface area contributed by atoms with Crippen LogP contribution in [0.3, 0.4) is 0 Å². The molecule has 4 aromatic rings. The van der Waals surface area contributed by atoms with Crippen LogP contribution in [0.5, 0.6) is 17.2 Å². The molecule has 0 unspecified atom stereocenters. The van der Waals surface area contributed by atoms with Gasteiger partial charge in [0, 0.05) is 22.1 Å². The molecule has 1 heterocycles. The Labute approximate surface area is 191 Å². The van der Waals surface area contributed by atoms with Crippen molar-refractivity contribution in [2.24, 2.45) is 0 Å². The highest BCUT2D eigenvalue weighted by molar-refractivity contribution is 6.03. The lowest BCUT2D eigenvalue weighted by Gasteiger charge is -2.37. The van der Waals surface area contributed by atoms with Crippen LogP contribution in [-0.4, -0.2) is 25.3 Å². The number of methoxy groups -OCH3 is 2. The first-order valence-corrected chi connectivity index (χ1v) is 10.5. The van der Waals surface area contributed by atoms with E-state index in [-0.39, 0.29) is 5.56 Å². The summed E-state index contributed by atoms with van der Waals surface area (Å²) >= 11 is 0. The Morgan fingerprint density at radius 2 is 1.42 bits per heavy atom. The molecule has 0 saturated heterocycles. The molecule has 1 aliphatic rings. The van der Waals surface area contributed by atoms with E-state index in [0.29, 0.717) is 11.3 Å². The molecule has 0 spiro atoms. The number of carboxylic acids is 1. The molecule has 5 nitrogen and oxygen atoms in total. The Balaban J connectivity index is 1.77. The van der Waals surface area contributed by atoms with Gasteiger partial charge in [0.15, 0.2) is 5.60 Å². The lowest BCUT2D eigenvalue weighted by Crippen LogP contribution is -2.34. The van der Waals surface area contributed by atoms with E-state index in [0.717, 1.165) is 33.4 Å². The van der Waals surface area contributed by atoms with Crippen molar-refractivity contribution in [1.82, 2.24) is 0 Å². The molecule has 0 atom stereocenters. The van der Waals surface area contributed by atoms with Gasteiger partial charge in [0.2, 0.25) is 0 Å². The lowest BCUT2D eigenvalue weighted by molar-refractivity contribution is 0.0695. The number of benzene rings is 4. The van der Waals surface area contributed by atoms with Crippen molar-refractivity contribution < 1.29 is 24.1 Å². The number of hydrogen-bond acceptors (Lipinski definition) is 4. The van der Waals surface area contributed by atoms with Crippen molar-refractivity contribution in [1.29, 1.82) is 0 Å². The van der Waals surface area contributed by atoms with E-state index in [4.69, 9.17) is 14.2 Å². The van der Waals surface area contributed by atoms with Gasteiger partial charge in [-0.25, -0.2) is 4.79 Å². The van der Waals surface area contributed by atoms with Crippen LogP contribution >= 0.6 is 0 Å². The second kappa shape index (κ2) is 8.02. The number of ether oxygens (including phenoxy) is 3. The highest BCUT2D eigenvalue weighted by Gasteiger charge is 2.38. The van der Waals surface area contributed by atoms with E-state index >= 15 is 0 Å². The number of rotatable bonds is 5. The van der Waals surface area contributed by atoms with Gasteiger partial charge in [0.05, 0.1) is 19.8 Å². The smallest absolute Gasteiger partial charge is 0.336 e. The first-order chi connectivity index (χ1) is 16.1. The summed E-state index contributed by atoms with van der Waals surface area (Å²) < 4.78 is 17.5. The average molecular weight is 438 g/mol. The van der Waals surface area contributed by atoms with E-state index in [1.165, 1.54) is 0 Å². The molecule has 0 aromatic heterocycles. The third kappa shape index (κ3) is 3.38. The first-order valence-electron chi connectivity index (χ1n) is 10.5. The Bertz CT molecular complexity index is 1320. The van der Waals surface area contributed by atoms with Gasteiger partial charge in [-0.15, -0.1) is 0 Å². The second-order valence-corrected chi connectivity index (χ2v) is 7.82. The Hall–Kier alpha value is -4.25. The summed E-state index contributed by atoms with van der Waals surface area (Å²) in [5.41, 5.74) is 1.57. The number of fused-ring (bicyclic) bond motifs is 3. The van der Waals surface area contributed by atoms with E-state index in [1.54, 1.807) is 20.3 Å². The monoisotopic (exact) mass is 438 g/mol. The molecule has 4 aromatic carbocycles. The normalized spacial score (nSPS) is 13.8. The average Bonchev–Trinajstić information content (AvgIpc) is 2.88. The molecule has 0 saturated carbocycles. The highest BCUT2D eigenvalue weighted by Crippen LogP contribution is 2.46. The molecule has 1 N–H and O–H groups in total. The number of hydrogen-bond donors (Lipinski definition) is 1. The number of carboxylic acid groups (broad SMARTS) is 1. The minimum absolute atomic E-state index is 0.206. The van der Waals surface area contributed by atoms with Gasteiger partial charge in [-0.3, -0.25) is 0 Å². The van der Waals surface area contributed by atoms with Crippen molar-refractivity contribution in [3.05, 3.63) is 107 Å². The molecule has 0 bridgehead atoms. The fourth-order valence-electron chi connectivity index (χ4n) is 4.33. The molecule has 0 radical (unpaired) electrons. The van der Waals surface area contributed by atoms with E-state index < -0.39 is 11.6 Å². The van der Waals surface area contributed by atoms with Crippen molar-refractivity contribution >= 4 is 22.8 Å². The van der Waals surface area contributed by atoms with Crippen LogP contribution in [0.2, 0.25) is 0 Å². The Kier molecular flexibility index (Phi) is 5.02.